The van der Waals surface area contributed by atoms with E-state index >= 15 is 0 Å². The Morgan fingerprint density at radius 2 is 2.20 bits per heavy atom. The van der Waals surface area contributed by atoms with Crippen molar-refractivity contribution in [3.8, 4) is 6.07 Å². The lowest BCUT2D eigenvalue weighted by atomic mass is 9.73. The summed E-state index contributed by atoms with van der Waals surface area (Å²) in [6.45, 7) is 6.86. The van der Waals surface area contributed by atoms with Crippen molar-refractivity contribution in [3.05, 3.63) is 0 Å². The molecule has 0 aliphatic heterocycles. The highest BCUT2D eigenvalue weighted by atomic mass is 15.0. The first-order valence-corrected chi connectivity index (χ1v) is 6.23. The summed E-state index contributed by atoms with van der Waals surface area (Å²) < 4.78 is 0. The quantitative estimate of drug-likeness (QED) is 0.770. The van der Waals surface area contributed by atoms with Gasteiger partial charge >= 0.3 is 0 Å². The molecule has 1 N–H and O–H groups in total. The van der Waals surface area contributed by atoms with Gasteiger partial charge in [-0.25, -0.2) is 0 Å². The van der Waals surface area contributed by atoms with E-state index in [4.69, 9.17) is 5.26 Å². The molecule has 0 heterocycles. The van der Waals surface area contributed by atoms with Crippen LogP contribution in [0.2, 0.25) is 0 Å². The van der Waals surface area contributed by atoms with E-state index in [1.165, 1.54) is 25.7 Å². The molecule has 0 radical (unpaired) electrons. The molecule has 0 amide bonds. The van der Waals surface area contributed by atoms with Crippen molar-refractivity contribution < 1.29 is 0 Å². The number of hydrogen-bond donors (Lipinski definition) is 1. The zero-order chi connectivity index (χ0) is 11.3. The van der Waals surface area contributed by atoms with Gasteiger partial charge in [0.15, 0.2) is 0 Å². The van der Waals surface area contributed by atoms with Crippen LogP contribution in [0.1, 0.15) is 59.3 Å². The Bertz CT molecular complexity index is 227. The van der Waals surface area contributed by atoms with Crippen LogP contribution in [-0.2, 0) is 0 Å². The minimum Gasteiger partial charge on any atom is -0.310 e. The Morgan fingerprint density at radius 1 is 1.47 bits per heavy atom. The van der Waals surface area contributed by atoms with Crippen LogP contribution in [0.4, 0.5) is 0 Å². The summed E-state index contributed by atoms with van der Waals surface area (Å²) in [6.07, 6.45) is 6.98. The van der Waals surface area contributed by atoms with Gasteiger partial charge in [-0.2, -0.15) is 5.26 Å². The summed E-state index contributed by atoms with van der Waals surface area (Å²) in [6, 6.07) is 3.26. The summed E-state index contributed by atoms with van der Waals surface area (Å²) >= 11 is 0. The van der Waals surface area contributed by atoms with Crippen molar-refractivity contribution in [3.63, 3.8) is 0 Å². The van der Waals surface area contributed by atoms with E-state index in [2.05, 4.69) is 32.2 Å². The molecule has 2 heteroatoms. The Kier molecular flexibility index (Phi) is 4.60. The first-order valence-electron chi connectivity index (χ1n) is 6.23. The van der Waals surface area contributed by atoms with Gasteiger partial charge in [0.1, 0.15) is 0 Å². The Morgan fingerprint density at radius 3 is 2.73 bits per heavy atom. The van der Waals surface area contributed by atoms with E-state index in [1.807, 2.05) is 0 Å². The lowest BCUT2D eigenvalue weighted by molar-refractivity contribution is 0.154. The number of nitrogens with zero attached hydrogens (tertiary/aromatic N) is 1. The lowest BCUT2D eigenvalue weighted by Crippen LogP contribution is -2.48. The average Bonchev–Trinajstić information content (AvgIpc) is 2.20. The van der Waals surface area contributed by atoms with E-state index in [-0.39, 0.29) is 0 Å². The fourth-order valence-electron chi connectivity index (χ4n) is 2.52. The normalized spacial score (nSPS) is 26.9. The molecule has 0 bridgehead atoms. The summed E-state index contributed by atoms with van der Waals surface area (Å²) in [5.41, 5.74) is 0.404. The van der Waals surface area contributed by atoms with Gasteiger partial charge in [-0.1, -0.05) is 33.6 Å². The highest BCUT2D eigenvalue weighted by molar-refractivity contribution is 4.91. The zero-order valence-corrected chi connectivity index (χ0v) is 10.3. The van der Waals surface area contributed by atoms with Gasteiger partial charge in [-0.3, -0.25) is 0 Å². The van der Waals surface area contributed by atoms with Gasteiger partial charge in [0.05, 0.1) is 12.5 Å². The number of rotatable bonds is 4. The molecule has 0 aromatic rings. The van der Waals surface area contributed by atoms with Crippen molar-refractivity contribution >= 4 is 0 Å². The molecule has 86 valence electrons. The van der Waals surface area contributed by atoms with Gasteiger partial charge in [-0.15, -0.1) is 0 Å². The maximum atomic E-state index is 8.74. The third-order valence-corrected chi connectivity index (χ3v) is 3.77. The molecule has 0 saturated heterocycles. The van der Waals surface area contributed by atoms with Gasteiger partial charge in [0.25, 0.3) is 0 Å². The van der Waals surface area contributed by atoms with Crippen molar-refractivity contribution in [2.24, 2.45) is 5.41 Å². The average molecular weight is 208 g/mol. The zero-order valence-electron chi connectivity index (χ0n) is 10.3. The highest BCUT2D eigenvalue weighted by Crippen LogP contribution is 2.35. The third kappa shape index (κ3) is 3.50. The van der Waals surface area contributed by atoms with Crippen molar-refractivity contribution in [1.29, 1.82) is 5.26 Å². The Balaban J connectivity index is 2.51. The molecule has 2 atom stereocenters. The second-order valence-electron chi connectivity index (χ2n) is 5.42. The SMILES string of the molecule is CCC(CC#N)NC1CCCCC1(C)C. The van der Waals surface area contributed by atoms with Crippen LogP contribution < -0.4 is 5.32 Å². The number of nitrogens with one attached hydrogen (secondary N) is 1. The Labute approximate surface area is 94.1 Å². The van der Waals surface area contributed by atoms with Crippen LogP contribution in [0.15, 0.2) is 0 Å². The molecule has 15 heavy (non-hydrogen) atoms. The molecule has 0 spiro atoms. The van der Waals surface area contributed by atoms with E-state index in [0.717, 1.165) is 6.42 Å². The van der Waals surface area contributed by atoms with Crippen LogP contribution in [0.25, 0.3) is 0 Å². The summed E-state index contributed by atoms with van der Waals surface area (Å²) in [4.78, 5) is 0. The fourth-order valence-corrected chi connectivity index (χ4v) is 2.52. The van der Waals surface area contributed by atoms with Crippen LogP contribution >= 0.6 is 0 Å². The van der Waals surface area contributed by atoms with E-state index in [1.54, 1.807) is 0 Å². The first-order chi connectivity index (χ1) is 7.10. The third-order valence-electron chi connectivity index (χ3n) is 3.77. The van der Waals surface area contributed by atoms with Crippen molar-refractivity contribution in [2.75, 3.05) is 0 Å². The van der Waals surface area contributed by atoms with Gasteiger partial charge in [0, 0.05) is 12.1 Å². The highest BCUT2D eigenvalue weighted by Gasteiger charge is 2.32. The lowest BCUT2D eigenvalue weighted by Gasteiger charge is -2.41. The smallest absolute Gasteiger partial charge is 0.0638 e. The fraction of sp³-hybridized carbons (Fsp3) is 0.923. The number of hydrogen-bond acceptors (Lipinski definition) is 2. The second kappa shape index (κ2) is 5.51. The molecule has 1 aliphatic rings. The molecular weight excluding hydrogens is 184 g/mol. The second-order valence-corrected chi connectivity index (χ2v) is 5.42. The summed E-state index contributed by atoms with van der Waals surface area (Å²) in [7, 11) is 0. The molecule has 2 nitrogen and oxygen atoms in total. The molecule has 1 saturated carbocycles. The first kappa shape index (κ1) is 12.5. The summed E-state index contributed by atoms with van der Waals surface area (Å²) in [5.74, 6) is 0. The monoisotopic (exact) mass is 208 g/mol. The predicted octanol–water partition coefficient (Wildman–Crippen LogP) is 3.24. The van der Waals surface area contributed by atoms with E-state index < -0.39 is 0 Å². The largest absolute Gasteiger partial charge is 0.310 e. The maximum Gasteiger partial charge on any atom is 0.0638 e. The molecule has 1 rings (SSSR count). The van der Waals surface area contributed by atoms with E-state index in [9.17, 15) is 0 Å². The van der Waals surface area contributed by atoms with Crippen molar-refractivity contribution in [1.82, 2.24) is 5.32 Å². The predicted molar refractivity (Wildman–Crippen MR) is 63.5 cm³/mol. The number of nitriles is 1. The molecular formula is C13H24N2. The Hall–Kier alpha value is -0.550. The van der Waals surface area contributed by atoms with Crippen molar-refractivity contribution in [2.45, 2.75) is 71.4 Å². The molecule has 0 aromatic heterocycles. The molecule has 1 aliphatic carbocycles. The maximum absolute atomic E-state index is 8.74. The minimum absolute atomic E-state index is 0.386. The topological polar surface area (TPSA) is 35.8 Å². The van der Waals surface area contributed by atoms with Gasteiger partial charge in [-0.05, 0) is 24.7 Å². The van der Waals surface area contributed by atoms with Crippen LogP contribution in [0, 0.1) is 16.7 Å². The molecule has 0 aromatic carbocycles. The van der Waals surface area contributed by atoms with Crippen LogP contribution in [-0.4, -0.2) is 12.1 Å². The molecule has 2 unspecified atom stereocenters. The van der Waals surface area contributed by atoms with Gasteiger partial charge < -0.3 is 5.32 Å². The molecule has 1 fully saturated rings. The van der Waals surface area contributed by atoms with Crippen LogP contribution in [0.5, 0.6) is 0 Å². The minimum atomic E-state index is 0.386. The van der Waals surface area contributed by atoms with Crippen LogP contribution in [0.3, 0.4) is 0 Å². The van der Waals surface area contributed by atoms with Gasteiger partial charge in [0.2, 0.25) is 0 Å². The summed E-state index contributed by atoms with van der Waals surface area (Å²) in [5, 5.41) is 12.4. The standard InChI is InChI=1S/C13H24N2/c1-4-11(8-10-14)15-12-7-5-6-9-13(12,2)3/h11-12,15H,4-9H2,1-3H3. The van der Waals surface area contributed by atoms with E-state index in [0.29, 0.717) is 23.9 Å².